The van der Waals surface area contributed by atoms with E-state index in [9.17, 15) is 0 Å². The number of thiazole rings is 1. The summed E-state index contributed by atoms with van der Waals surface area (Å²) in [7, 11) is 0. The zero-order valence-corrected chi connectivity index (χ0v) is 14.5. The van der Waals surface area contributed by atoms with Crippen LogP contribution in [0, 0.1) is 0 Å². The van der Waals surface area contributed by atoms with Gasteiger partial charge in [-0.1, -0.05) is 41.7 Å². The minimum Gasteiger partial charge on any atom is -0.444 e. The van der Waals surface area contributed by atoms with Gasteiger partial charge in [-0.2, -0.15) is 0 Å². The molecular formula is C19H15N5OS. The molecule has 4 aromatic rings. The highest BCUT2D eigenvalue weighted by Gasteiger charge is 2.14. The number of nitrogens with zero attached hydrogens (tertiary/aromatic N) is 3. The molecule has 0 amide bonds. The average Bonchev–Trinajstić information content (AvgIpc) is 3.04. The number of aromatic nitrogens is 3. The third kappa shape index (κ3) is 3.62. The third-order valence-corrected chi connectivity index (χ3v) is 4.32. The van der Waals surface area contributed by atoms with E-state index < -0.39 is 0 Å². The molecule has 4 rings (SSSR count). The molecule has 0 unspecified atom stereocenters. The van der Waals surface area contributed by atoms with Crippen LogP contribution in [0.3, 0.4) is 0 Å². The first kappa shape index (κ1) is 16.0. The Balaban J connectivity index is 1.60. The number of benzene rings is 1. The van der Waals surface area contributed by atoms with Crippen molar-refractivity contribution in [1.29, 1.82) is 0 Å². The second-order valence-electron chi connectivity index (χ2n) is 5.39. The Bertz CT molecular complexity index is 1000. The van der Waals surface area contributed by atoms with Crippen molar-refractivity contribution in [3.05, 3.63) is 73.2 Å². The van der Waals surface area contributed by atoms with Crippen LogP contribution in [0.25, 0.3) is 11.3 Å². The van der Waals surface area contributed by atoms with E-state index in [1.165, 1.54) is 11.3 Å². The molecule has 0 fully saturated rings. The van der Waals surface area contributed by atoms with Gasteiger partial charge in [-0.3, -0.25) is 4.98 Å². The molecule has 0 saturated carbocycles. The Morgan fingerprint density at radius 3 is 2.58 bits per heavy atom. The molecule has 7 heteroatoms. The lowest BCUT2D eigenvalue weighted by Crippen LogP contribution is -1.94. The fourth-order valence-electron chi connectivity index (χ4n) is 2.40. The van der Waals surface area contributed by atoms with Gasteiger partial charge in [-0.05, 0) is 18.2 Å². The third-order valence-electron chi connectivity index (χ3n) is 3.55. The summed E-state index contributed by atoms with van der Waals surface area (Å²) in [6.45, 7) is 0. The Morgan fingerprint density at radius 1 is 0.962 bits per heavy atom. The number of anilines is 3. The highest BCUT2D eigenvalue weighted by molar-refractivity contribution is 7.17. The Labute approximate surface area is 154 Å². The fourth-order valence-corrected chi connectivity index (χ4v) is 3.13. The van der Waals surface area contributed by atoms with E-state index in [1.807, 2.05) is 48.5 Å². The molecule has 0 bridgehead atoms. The van der Waals surface area contributed by atoms with E-state index in [-0.39, 0.29) is 0 Å². The zero-order chi connectivity index (χ0) is 17.8. The number of nitrogens with two attached hydrogens (primary N) is 1. The Kier molecular flexibility index (Phi) is 4.44. The second-order valence-corrected chi connectivity index (χ2v) is 6.39. The van der Waals surface area contributed by atoms with Gasteiger partial charge in [0.15, 0.2) is 5.13 Å². The molecular weight excluding hydrogens is 346 g/mol. The van der Waals surface area contributed by atoms with Gasteiger partial charge in [0.05, 0.1) is 0 Å². The molecule has 1 aromatic carbocycles. The summed E-state index contributed by atoms with van der Waals surface area (Å²) in [6.07, 6.45) is 5.12. The smallest absolute Gasteiger partial charge is 0.210 e. The number of ether oxygens (including phenoxy) is 1. The molecule has 3 N–H and O–H groups in total. The van der Waals surface area contributed by atoms with E-state index in [0.717, 1.165) is 16.9 Å². The van der Waals surface area contributed by atoms with Crippen LogP contribution in [-0.2, 0) is 0 Å². The molecule has 128 valence electrons. The molecule has 0 spiro atoms. The number of nitrogen functional groups attached to an aromatic ring is 1. The molecule has 0 aliphatic rings. The van der Waals surface area contributed by atoms with Crippen molar-refractivity contribution in [3.8, 4) is 22.1 Å². The summed E-state index contributed by atoms with van der Waals surface area (Å²) >= 11 is 1.31. The highest BCUT2D eigenvalue weighted by atomic mass is 32.1. The Hall–Kier alpha value is -3.45. The van der Waals surface area contributed by atoms with Crippen molar-refractivity contribution in [2.24, 2.45) is 0 Å². The van der Waals surface area contributed by atoms with Gasteiger partial charge >= 0.3 is 0 Å². The number of pyridine rings is 2. The lowest BCUT2D eigenvalue weighted by atomic mass is 10.2. The van der Waals surface area contributed by atoms with Crippen LogP contribution in [0.15, 0.2) is 73.2 Å². The van der Waals surface area contributed by atoms with Gasteiger partial charge < -0.3 is 15.8 Å². The maximum Gasteiger partial charge on any atom is 0.210 e. The van der Waals surface area contributed by atoms with Crippen LogP contribution in [0.4, 0.5) is 16.6 Å². The van der Waals surface area contributed by atoms with Gasteiger partial charge in [-0.25, -0.2) is 9.97 Å². The monoisotopic (exact) mass is 361 g/mol. The predicted octanol–water partition coefficient (Wildman–Crippen LogP) is 4.72. The molecule has 26 heavy (non-hydrogen) atoms. The molecule has 6 nitrogen and oxygen atoms in total. The van der Waals surface area contributed by atoms with Crippen LogP contribution in [0.5, 0.6) is 10.8 Å². The second kappa shape index (κ2) is 7.20. The standard InChI is InChI=1S/C19H15N5OS/c20-19-24-17(13-4-2-1-3-5-13)18(26-19)25-15-8-11-22-16(12-15)23-14-6-9-21-10-7-14/h1-12H,(H2,20,24)(H,21,22,23). The quantitative estimate of drug-likeness (QED) is 0.535. The summed E-state index contributed by atoms with van der Waals surface area (Å²) in [4.78, 5) is 12.7. The lowest BCUT2D eigenvalue weighted by molar-refractivity contribution is 0.496. The molecule has 0 saturated heterocycles. The zero-order valence-electron chi connectivity index (χ0n) is 13.7. The van der Waals surface area contributed by atoms with E-state index in [4.69, 9.17) is 10.5 Å². The van der Waals surface area contributed by atoms with Gasteiger partial charge in [0.25, 0.3) is 0 Å². The van der Waals surface area contributed by atoms with Crippen LogP contribution in [0.2, 0.25) is 0 Å². The topological polar surface area (TPSA) is 86.0 Å². The van der Waals surface area contributed by atoms with E-state index >= 15 is 0 Å². The maximum atomic E-state index is 6.05. The fraction of sp³-hybridized carbons (Fsp3) is 0. The minimum atomic E-state index is 0.461. The molecule has 3 aromatic heterocycles. The summed E-state index contributed by atoms with van der Waals surface area (Å²) in [5.74, 6) is 1.32. The van der Waals surface area contributed by atoms with Gasteiger partial charge in [0.2, 0.25) is 5.06 Å². The largest absolute Gasteiger partial charge is 0.444 e. The van der Waals surface area contributed by atoms with Crippen molar-refractivity contribution in [2.45, 2.75) is 0 Å². The SMILES string of the molecule is Nc1nc(-c2ccccc2)c(Oc2ccnc(Nc3ccncc3)c2)s1. The summed E-state index contributed by atoms with van der Waals surface area (Å²) in [5.41, 5.74) is 8.49. The van der Waals surface area contributed by atoms with Gasteiger partial charge in [0.1, 0.15) is 17.3 Å². The highest BCUT2D eigenvalue weighted by Crippen LogP contribution is 2.39. The summed E-state index contributed by atoms with van der Waals surface area (Å²) in [6, 6.07) is 17.2. The minimum absolute atomic E-state index is 0.461. The van der Waals surface area contributed by atoms with Gasteiger partial charge in [-0.15, -0.1) is 0 Å². The summed E-state index contributed by atoms with van der Waals surface area (Å²) < 4.78 is 6.05. The first-order chi connectivity index (χ1) is 12.8. The van der Waals surface area contributed by atoms with Crippen molar-refractivity contribution in [2.75, 3.05) is 11.1 Å². The van der Waals surface area contributed by atoms with E-state index in [0.29, 0.717) is 21.8 Å². The van der Waals surface area contributed by atoms with Crippen LogP contribution in [-0.4, -0.2) is 15.0 Å². The van der Waals surface area contributed by atoms with Crippen molar-refractivity contribution in [1.82, 2.24) is 15.0 Å². The molecule has 0 radical (unpaired) electrons. The van der Waals surface area contributed by atoms with Crippen LogP contribution >= 0.6 is 11.3 Å². The maximum absolute atomic E-state index is 6.05. The predicted molar refractivity (Wildman–Crippen MR) is 104 cm³/mol. The number of nitrogens with one attached hydrogen (secondary N) is 1. The molecule has 0 atom stereocenters. The summed E-state index contributed by atoms with van der Waals surface area (Å²) in [5, 5.41) is 4.32. The van der Waals surface area contributed by atoms with Crippen LogP contribution < -0.4 is 15.8 Å². The number of hydrogen-bond donors (Lipinski definition) is 2. The molecule has 0 aliphatic carbocycles. The van der Waals surface area contributed by atoms with Crippen molar-refractivity contribution < 1.29 is 4.74 Å². The first-order valence-electron chi connectivity index (χ1n) is 7.90. The van der Waals surface area contributed by atoms with Gasteiger partial charge in [0, 0.05) is 35.9 Å². The van der Waals surface area contributed by atoms with Crippen molar-refractivity contribution in [3.63, 3.8) is 0 Å². The van der Waals surface area contributed by atoms with E-state index in [2.05, 4.69) is 20.3 Å². The first-order valence-corrected chi connectivity index (χ1v) is 8.72. The Morgan fingerprint density at radius 2 is 1.77 bits per heavy atom. The number of rotatable bonds is 5. The normalized spacial score (nSPS) is 10.5. The number of hydrogen-bond acceptors (Lipinski definition) is 7. The van der Waals surface area contributed by atoms with Crippen LogP contribution in [0.1, 0.15) is 0 Å². The average molecular weight is 361 g/mol. The molecule has 0 aliphatic heterocycles. The van der Waals surface area contributed by atoms with Crippen molar-refractivity contribution >= 4 is 28.0 Å². The lowest BCUT2D eigenvalue weighted by Gasteiger charge is -2.08. The van der Waals surface area contributed by atoms with E-state index in [1.54, 1.807) is 24.7 Å². The molecule has 3 heterocycles.